The van der Waals surface area contributed by atoms with Gasteiger partial charge in [-0.1, -0.05) is 0 Å². The van der Waals surface area contributed by atoms with E-state index >= 15 is 0 Å². The predicted molar refractivity (Wildman–Crippen MR) is 76.4 cm³/mol. The molecule has 1 aliphatic heterocycles. The second-order valence-corrected chi connectivity index (χ2v) is 6.31. The lowest BCUT2D eigenvalue weighted by Gasteiger charge is -2.27. The van der Waals surface area contributed by atoms with Gasteiger partial charge in [0.1, 0.15) is 12.1 Å². The summed E-state index contributed by atoms with van der Waals surface area (Å²) in [6, 6.07) is -0.390. The van der Waals surface area contributed by atoms with E-state index in [4.69, 9.17) is 0 Å². The van der Waals surface area contributed by atoms with Crippen LogP contribution in [0.2, 0.25) is 0 Å². The molecule has 0 aromatic heterocycles. The summed E-state index contributed by atoms with van der Waals surface area (Å²) in [6.07, 6.45) is 4.00. The zero-order chi connectivity index (χ0) is 15.2. The molecule has 0 radical (unpaired) electrons. The second-order valence-electron chi connectivity index (χ2n) is 6.31. The summed E-state index contributed by atoms with van der Waals surface area (Å²) in [4.78, 5) is 40.0. The first-order valence-electron chi connectivity index (χ1n) is 7.96. The number of imide groups is 1. The van der Waals surface area contributed by atoms with Crippen molar-refractivity contribution >= 4 is 17.8 Å². The molecule has 1 saturated heterocycles. The third-order valence-corrected chi connectivity index (χ3v) is 5.01. The van der Waals surface area contributed by atoms with Crippen molar-refractivity contribution in [2.45, 2.75) is 45.1 Å². The van der Waals surface area contributed by atoms with Crippen LogP contribution in [0.4, 0.5) is 4.79 Å². The Kier molecular flexibility index (Phi) is 3.42. The lowest BCUT2D eigenvalue weighted by molar-refractivity contribution is -0.139. The van der Waals surface area contributed by atoms with E-state index < -0.39 is 5.54 Å². The van der Waals surface area contributed by atoms with Crippen LogP contribution in [0.5, 0.6) is 0 Å². The molecule has 116 valence electrons. The van der Waals surface area contributed by atoms with Crippen LogP contribution in [0.25, 0.3) is 0 Å². The molecule has 3 aliphatic rings. The molecule has 0 unspecified atom stereocenters. The van der Waals surface area contributed by atoms with Crippen LogP contribution in [0.3, 0.4) is 0 Å². The average Bonchev–Trinajstić information content (AvgIpc) is 3.35. The maximum atomic E-state index is 12.8. The molecule has 4 amide bonds. The van der Waals surface area contributed by atoms with E-state index in [1.807, 2.05) is 13.8 Å². The highest BCUT2D eigenvalue weighted by molar-refractivity contribution is 6.09. The SMILES string of the molecule is CCN(CC)C(=O)CN1C(=O)NC(C2CC2)(C2CC2)C1=O. The molecule has 1 N–H and O–H groups in total. The van der Waals surface area contributed by atoms with Gasteiger partial charge in [0.15, 0.2) is 0 Å². The fourth-order valence-electron chi connectivity index (χ4n) is 3.53. The maximum Gasteiger partial charge on any atom is 0.325 e. The first-order chi connectivity index (χ1) is 10.0. The Morgan fingerprint density at radius 2 is 1.71 bits per heavy atom. The van der Waals surface area contributed by atoms with Gasteiger partial charge in [-0.2, -0.15) is 0 Å². The van der Waals surface area contributed by atoms with Gasteiger partial charge in [0.05, 0.1) is 0 Å². The van der Waals surface area contributed by atoms with Crippen LogP contribution < -0.4 is 5.32 Å². The molecule has 2 aliphatic carbocycles. The van der Waals surface area contributed by atoms with Gasteiger partial charge < -0.3 is 10.2 Å². The molecule has 3 fully saturated rings. The van der Waals surface area contributed by atoms with Crippen LogP contribution in [-0.4, -0.2) is 52.8 Å². The number of carbonyl (C=O) groups is 3. The van der Waals surface area contributed by atoms with E-state index in [0.717, 1.165) is 30.6 Å². The third kappa shape index (κ3) is 2.21. The van der Waals surface area contributed by atoms with Crippen molar-refractivity contribution in [2.75, 3.05) is 19.6 Å². The number of amides is 4. The van der Waals surface area contributed by atoms with Gasteiger partial charge in [-0.05, 0) is 51.4 Å². The molecule has 21 heavy (non-hydrogen) atoms. The Labute approximate surface area is 124 Å². The highest BCUT2D eigenvalue weighted by Gasteiger charge is 2.65. The fraction of sp³-hybridized carbons (Fsp3) is 0.800. The molecule has 0 atom stereocenters. The number of urea groups is 1. The number of hydrogen-bond acceptors (Lipinski definition) is 3. The Bertz CT molecular complexity index is 467. The molecule has 6 heteroatoms. The second kappa shape index (κ2) is 5.00. The molecule has 0 bridgehead atoms. The van der Waals surface area contributed by atoms with Crippen LogP contribution in [-0.2, 0) is 9.59 Å². The van der Waals surface area contributed by atoms with Gasteiger partial charge in [0.2, 0.25) is 5.91 Å². The summed E-state index contributed by atoms with van der Waals surface area (Å²) >= 11 is 0. The Hall–Kier alpha value is -1.59. The zero-order valence-electron chi connectivity index (χ0n) is 12.7. The van der Waals surface area contributed by atoms with E-state index in [2.05, 4.69) is 5.32 Å². The molecule has 1 heterocycles. The summed E-state index contributed by atoms with van der Waals surface area (Å²) in [6.45, 7) is 4.84. The minimum atomic E-state index is -0.694. The van der Waals surface area contributed by atoms with Gasteiger partial charge in [-0.3, -0.25) is 14.5 Å². The van der Waals surface area contributed by atoms with Crippen molar-refractivity contribution in [3.63, 3.8) is 0 Å². The Morgan fingerprint density at radius 3 is 2.14 bits per heavy atom. The van der Waals surface area contributed by atoms with Crippen molar-refractivity contribution in [3.05, 3.63) is 0 Å². The van der Waals surface area contributed by atoms with Crippen LogP contribution in [0, 0.1) is 11.8 Å². The van der Waals surface area contributed by atoms with Gasteiger partial charge in [0.25, 0.3) is 5.91 Å². The molecule has 0 spiro atoms. The number of nitrogens with zero attached hydrogens (tertiary/aromatic N) is 2. The average molecular weight is 293 g/mol. The number of likely N-dealkylation sites (N-methyl/N-ethyl adjacent to an activating group) is 1. The molecule has 0 aromatic rings. The Balaban J connectivity index is 1.76. The number of carbonyl (C=O) groups excluding carboxylic acids is 3. The summed E-state index contributed by atoms with van der Waals surface area (Å²) in [5, 5.41) is 2.94. The fourth-order valence-corrected chi connectivity index (χ4v) is 3.53. The topological polar surface area (TPSA) is 69.7 Å². The molecule has 2 saturated carbocycles. The highest BCUT2D eigenvalue weighted by atomic mass is 16.2. The molecule has 0 aromatic carbocycles. The van der Waals surface area contributed by atoms with E-state index in [-0.39, 0.29) is 36.2 Å². The van der Waals surface area contributed by atoms with Crippen LogP contribution in [0.1, 0.15) is 39.5 Å². The minimum absolute atomic E-state index is 0.131. The van der Waals surface area contributed by atoms with Crippen molar-refractivity contribution in [3.8, 4) is 0 Å². The molecule has 3 rings (SSSR count). The number of nitrogens with one attached hydrogen (secondary N) is 1. The van der Waals surface area contributed by atoms with Crippen molar-refractivity contribution in [1.29, 1.82) is 0 Å². The monoisotopic (exact) mass is 293 g/mol. The first-order valence-corrected chi connectivity index (χ1v) is 7.96. The van der Waals surface area contributed by atoms with Gasteiger partial charge >= 0.3 is 6.03 Å². The van der Waals surface area contributed by atoms with Crippen molar-refractivity contribution in [1.82, 2.24) is 15.1 Å². The Morgan fingerprint density at radius 1 is 1.19 bits per heavy atom. The number of hydrogen-bond donors (Lipinski definition) is 1. The lowest BCUT2D eigenvalue weighted by Crippen LogP contribution is -2.51. The standard InChI is InChI=1S/C15H23N3O3/c1-3-17(4-2)12(19)9-18-13(20)15(10-5-6-10,11-7-8-11)16-14(18)21/h10-11H,3-9H2,1-2H3,(H,16,21). The van der Waals surface area contributed by atoms with Gasteiger partial charge in [-0.25, -0.2) is 4.79 Å². The van der Waals surface area contributed by atoms with Crippen molar-refractivity contribution in [2.24, 2.45) is 11.8 Å². The predicted octanol–water partition coefficient (Wildman–Crippen LogP) is 0.965. The van der Waals surface area contributed by atoms with E-state index in [0.29, 0.717) is 13.1 Å². The summed E-state index contributed by atoms with van der Waals surface area (Å²) in [5.74, 6) is 0.217. The van der Waals surface area contributed by atoms with E-state index in [9.17, 15) is 14.4 Å². The lowest BCUT2D eigenvalue weighted by atomic mass is 9.87. The van der Waals surface area contributed by atoms with E-state index in [1.165, 1.54) is 0 Å². The summed E-state index contributed by atoms with van der Waals surface area (Å²) in [5.41, 5.74) is -0.694. The zero-order valence-corrected chi connectivity index (χ0v) is 12.7. The number of rotatable bonds is 6. The summed E-state index contributed by atoms with van der Waals surface area (Å²) in [7, 11) is 0. The largest absolute Gasteiger partial charge is 0.342 e. The highest BCUT2D eigenvalue weighted by Crippen LogP contribution is 2.54. The van der Waals surface area contributed by atoms with E-state index in [1.54, 1.807) is 4.90 Å². The summed E-state index contributed by atoms with van der Waals surface area (Å²) < 4.78 is 0. The maximum absolute atomic E-state index is 12.8. The van der Waals surface area contributed by atoms with Crippen LogP contribution in [0.15, 0.2) is 0 Å². The molecular formula is C15H23N3O3. The van der Waals surface area contributed by atoms with Crippen molar-refractivity contribution < 1.29 is 14.4 Å². The normalized spacial score (nSPS) is 24.2. The minimum Gasteiger partial charge on any atom is -0.342 e. The first kappa shape index (κ1) is 14.4. The smallest absolute Gasteiger partial charge is 0.325 e. The van der Waals surface area contributed by atoms with Gasteiger partial charge in [0, 0.05) is 13.1 Å². The van der Waals surface area contributed by atoms with Crippen LogP contribution >= 0.6 is 0 Å². The quantitative estimate of drug-likeness (QED) is 0.742. The third-order valence-electron chi connectivity index (χ3n) is 5.01. The van der Waals surface area contributed by atoms with Gasteiger partial charge in [-0.15, -0.1) is 0 Å². The molecule has 6 nitrogen and oxygen atoms in total. The molecular weight excluding hydrogens is 270 g/mol.